The number of hydrogen-bond donors (Lipinski definition) is 1. The number of likely N-dealkylation sites (tertiary alicyclic amines) is 1. The van der Waals surface area contributed by atoms with Gasteiger partial charge in [-0.2, -0.15) is 0 Å². The van der Waals surface area contributed by atoms with Crippen molar-refractivity contribution in [1.29, 1.82) is 0 Å². The fraction of sp³-hybridized carbons (Fsp3) is 0.500. The summed E-state index contributed by atoms with van der Waals surface area (Å²) in [6, 6.07) is 11.4. The van der Waals surface area contributed by atoms with Crippen molar-refractivity contribution in [1.82, 2.24) is 10.2 Å². The van der Waals surface area contributed by atoms with E-state index in [0.717, 1.165) is 0 Å². The van der Waals surface area contributed by atoms with Crippen molar-refractivity contribution >= 4 is 0 Å². The molecule has 1 saturated heterocycles. The summed E-state index contributed by atoms with van der Waals surface area (Å²) >= 11 is 0. The van der Waals surface area contributed by atoms with Crippen LogP contribution in [0.2, 0.25) is 0 Å². The molecule has 1 aliphatic heterocycles. The molecular weight excluding hydrogens is 203 g/mol. The molecule has 2 atom stereocenters. The summed E-state index contributed by atoms with van der Waals surface area (Å²) in [5.74, 6) is 0. The van der Waals surface area contributed by atoms with Crippen LogP contribution in [0.15, 0.2) is 30.3 Å². The molecule has 1 N–H and O–H groups in total. The summed E-state index contributed by atoms with van der Waals surface area (Å²) in [6.07, 6.45) is 2.67. The van der Waals surface area contributed by atoms with Gasteiger partial charge >= 0.3 is 18.9 Å². The third kappa shape index (κ3) is 3.60. The Morgan fingerprint density at radius 3 is 2.29 bits per heavy atom. The summed E-state index contributed by atoms with van der Waals surface area (Å²) in [6.45, 7) is 4.75. The summed E-state index contributed by atoms with van der Waals surface area (Å²) in [4.78, 5) is 2.55. The monoisotopic (exact) mass is 224 g/mol. The van der Waals surface area contributed by atoms with Gasteiger partial charge in [-0.3, -0.25) is 11.9 Å². The zero-order valence-electron chi connectivity index (χ0n) is 11.0. The first-order chi connectivity index (χ1) is 7.83. The molecule has 0 unspecified atom stereocenters. The number of nitrogens with one attached hydrogen (secondary N) is 1. The van der Waals surface area contributed by atoms with Gasteiger partial charge in [0.15, 0.2) is 0 Å². The molecule has 2 rings (SSSR count). The molecule has 0 aliphatic carbocycles. The minimum Gasteiger partial charge on any atom is -0.465 e. The largest absolute Gasteiger partial charge is 1.00 e. The van der Waals surface area contributed by atoms with E-state index < -0.39 is 0 Å². The van der Waals surface area contributed by atoms with Crippen molar-refractivity contribution < 1.29 is 18.9 Å². The van der Waals surface area contributed by atoms with E-state index in [9.17, 15) is 0 Å². The third-order valence-electron chi connectivity index (χ3n) is 3.58. The van der Waals surface area contributed by atoms with Gasteiger partial charge in [0.05, 0.1) is 0 Å². The van der Waals surface area contributed by atoms with Crippen LogP contribution in [-0.4, -0.2) is 24.0 Å². The van der Waals surface area contributed by atoms with Crippen LogP contribution in [0.4, 0.5) is 0 Å². The molecule has 0 bridgehead atoms. The van der Waals surface area contributed by atoms with Gasteiger partial charge < -0.3 is 5.32 Å². The standard InChI is InChI=1S/C14H21N2.Li/c1-12(16-10-6-7-11-16)14(15-2)13-8-4-3-5-9-13;/h3-5,8-9,12,14-15H,2,6-7,10-11H2,1H3;/q-1;+1/t12-,14-;/m0./s1. The van der Waals surface area contributed by atoms with Crippen molar-refractivity contribution in [3.63, 3.8) is 0 Å². The SMILES string of the molecule is [CH2-]N[C@H](c1ccccc1)[C@H](C)N1CCCC1.[Li+]. The molecular formula is C14H21LiN2. The Morgan fingerprint density at radius 1 is 1.18 bits per heavy atom. The first-order valence-corrected chi connectivity index (χ1v) is 6.14. The Balaban J connectivity index is 0.00000144. The predicted molar refractivity (Wildman–Crippen MR) is 67.9 cm³/mol. The Morgan fingerprint density at radius 2 is 1.76 bits per heavy atom. The minimum atomic E-state index is 0. The summed E-state index contributed by atoms with van der Waals surface area (Å²) < 4.78 is 0. The average molecular weight is 224 g/mol. The number of nitrogens with zero attached hydrogens (tertiary/aromatic N) is 1. The van der Waals surface area contributed by atoms with Crippen molar-refractivity contribution in [2.45, 2.75) is 31.8 Å². The number of rotatable bonds is 4. The van der Waals surface area contributed by atoms with Crippen LogP contribution in [-0.2, 0) is 0 Å². The van der Waals surface area contributed by atoms with E-state index in [0.29, 0.717) is 12.1 Å². The normalized spacial score (nSPS) is 19.6. The Bertz CT molecular complexity index is 309. The van der Waals surface area contributed by atoms with E-state index in [2.05, 4.69) is 54.5 Å². The Kier molecular flexibility index (Phi) is 6.30. The fourth-order valence-corrected chi connectivity index (χ4v) is 2.59. The van der Waals surface area contributed by atoms with Crippen LogP contribution in [0, 0.1) is 7.05 Å². The van der Waals surface area contributed by atoms with Crippen molar-refractivity contribution in [3.8, 4) is 0 Å². The van der Waals surface area contributed by atoms with E-state index in [-0.39, 0.29) is 18.9 Å². The molecule has 1 heterocycles. The van der Waals surface area contributed by atoms with Gasteiger partial charge in [0.2, 0.25) is 0 Å². The second kappa shape index (κ2) is 7.23. The van der Waals surface area contributed by atoms with Crippen LogP contribution < -0.4 is 24.2 Å². The molecule has 88 valence electrons. The van der Waals surface area contributed by atoms with E-state index in [1.165, 1.54) is 31.5 Å². The summed E-state index contributed by atoms with van der Waals surface area (Å²) in [5, 5.41) is 3.20. The second-order valence-corrected chi connectivity index (χ2v) is 4.58. The van der Waals surface area contributed by atoms with E-state index in [4.69, 9.17) is 0 Å². The zero-order chi connectivity index (χ0) is 11.4. The van der Waals surface area contributed by atoms with E-state index in [1.807, 2.05) is 0 Å². The minimum absolute atomic E-state index is 0. The molecule has 17 heavy (non-hydrogen) atoms. The van der Waals surface area contributed by atoms with Gasteiger partial charge in [-0.1, -0.05) is 30.3 Å². The first-order valence-electron chi connectivity index (χ1n) is 6.14. The van der Waals surface area contributed by atoms with Gasteiger partial charge in [-0.25, -0.2) is 0 Å². The van der Waals surface area contributed by atoms with Crippen molar-refractivity contribution in [2.24, 2.45) is 0 Å². The van der Waals surface area contributed by atoms with Gasteiger partial charge in [-0.15, -0.1) is 0 Å². The first kappa shape index (κ1) is 14.8. The van der Waals surface area contributed by atoms with Gasteiger partial charge in [-0.05, 0) is 38.4 Å². The van der Waals surface area contributed by atoms with Crippen LogP contribution in [0.3, 0.4) is 0 Å². The van der Waals surface area contributed by atoms with Crippen molar-refractivity contribution in [3.05, 3.63) is 42.9 Å². The van der Waals surface area contributed by atoms with Crippen LogP contribution in [0.1, 0.15) is 31.4 Å². The Labute approximate surface area is 117 Å². The summed E-state index contributed by atoms with van der Waals surface area (Å²) in [5.41, 5.74) is 1.33. The average Bonchev–Trinajstić information content (AvgIpc) is 2.85. The van der Waals surface area contributed by atoms with Gasteiger partial charge in [0, 0.05) is 12.1 Å². The predicted octanol–water partition coefficient (Wildman–Crippen LogP) is -0.403. The second-order valence-electron chi connectivity index (χ2n) is 4.58. The van der Waals surface area contributed by atoms with Gasteiger partial charge in [0.25, 0.3) is 0 Å². The topological polar surface area (TPSA) is 15.3 Å². The van der Waals surface area contributed by atoms with Gasteiger partial charge in [0.1, 0.15) is 0 Å². The molecule has 0 amide bonds. The maximum absolute atomic E-state index is 3.88. The number of hydrogen-bond acceptors (Lipinski definition) is 2. The molecule has 3 heteroatoms. The molecule has 1 aromatic rings. The molecule has 0 radical (unpaired) electrons. The third-order valence-corrected chi connectivity index (χ3v) is 3.58. The smallest absolute Gasteiger partial charge is 0.465 e. The molecule has 0 aromatic heterocycles. The van der Waals surface area contributed by atoms with E-state index in [1.54, 1.807) is 0 Å². The Hall–Kier alpha value is -0.263. The van der Waals surface area contributed by atoms with Crippen molar-refractivity contribution in [2.75, 3.05) is 13.1 Å². The quantitative estimate of drug-likeness (QED) is 0.553. The maximum Gasteiger partial charge on any atom is 1.00 e. The molecule has 0 saturated carbocycles. The fourth-order valence-electron chi connectivity index (χ4n) is 2.59. The molecule has 1 aliphatic rings. The maximum atomic E-state index is 3.88. The molecule has 0 spiro atoms. The van der Waals surface area contributed by atoms with E-state index >= 15 is 0 Å². The molecule has 1 fully saturated rings. The summed E-state index contributed by atoms with van der Waals surface area (Å²) in [7, 11) is 3.88. The van der Waals surface area contributed by atoms with Crippen LogP contribution in [0.5, 0.6) is 0 Å². The van der Waals surface area contributed by atoms with Crippen LogP contribution in [0.25, 0.3) is 0 Å². The number of benzene rings is 1. The molecule has 1 aromatic carbocycles. The molecule has 2 nitrogen and oxygen atoms in total. The van der Waals surface area contributed by atoms with Crippen LogP contribution >= 0.6 is 0 Å². The zero-order valence-corrected chi connectivity index (χ0v) is 11.0.